The van der Waals surface area contributed by atoms with Crippen LogP contribution < -0.4 is 10.6 Å². The minimum absolute atomic E-state index is 0.737. The van der Waals surface area contributed by atoms with Gasteiger partial charge < -0.3 is 10.6 Å². The van der Waals surface area contributed by atoms with Crippen LogP contribution in [0.1, 0.15) is 12.8 Å². The molecule has 0 bridgehead atoms. The lowest BCUT2D eigenvalue weighted by Gasteiger charge is -2.39. The van der Waals surface area contributed by atoms with E-state index in [1.54, 1.807) is 6.20 Å². The maximum Gasteiger partial charge on any atom is 0.0738 e. The van der Waals surface area contributed by atoms with Crippen LogP contribution in [0.25, 0.3) is 0 Å². The molecule has 1 aromatic heterocycles. The Balaban J connectivity index is 1.79. The highest BCUT2D eigenvalue weighted by atomic mass is 15.3. The van der Waals surface area contributed by atoms with Crippen molar-refractivity contribution in [3.63, 3.8) is 0 Å². The third-order valence-electron chi connectivity index (χ3n) is 3.76. The van der Waals surface area contributed by atoms with Crippen LogP contribution in [0.2, 0.25) is 0 Å². The van der Waals surface area contributed by atoms with Gasteiger partial charge in [0.15, 0.2) is 0 Å². The third-order valence-corrected chi connectivity index (χ3v) is 3.76. The van der Waals surface area contributed by atoms with E-state index in [1.807, 2.05) is 12.3 Å². The molecule has 2 N–H and O–H groups in total. The molecule has 2 aliphatic rings. The topological polar surface area (TPSA) is 45.4 Å². The van der Waals surface area contributed by atoms with E-state index < -0.39 is 0 Å². The van der Waals surface area contributed by atoms with Crippen LogP contribution in [0.4, 0.5) is 11.4 Å². The fourth-order valence-electron chi connectivity index (χ4n) is 2.90. The number of pyridine rings is 1. The van der Waals surface area contributed by atoms with Gasteiger partial charge in [0.1, 0.15) is 0 Å². The van der Waals surface area contributed by atoms with Gasteiger partial charge in [-0.15, -0.1) is 0 Å². The standard InChI is InChI=1S/C12H18N4/c13-11-8-14-4-3-12(11)16-7-6-15-5-1-2-10(15)9-16/h3-4,8,10H,1-2,5-7,9,13H2/t10-/m0/s1. The molecule has 3 heterocycles. The maximum absolute atomic E-state index is 5.97. The summed E-state index contributed by atoms with van der Waals surface area (Å²) in [5.41, 5.74) is 7.92. The molecule has 0 unspecified atom stereocenters. The predicted molar refractivity (Wildman–Crippen MR) is 65.5 cm³/mol. The van der Waals surface area contributed by atoms with Gasteiger partial charge in [0.25, 0.3) is 0 Å². The van der Waals surface area contributed by atoms with Crippen LogP contribution in [0, 0.1) is 0 Å². The number of hydrogen-bond acceptors (Lipinski definition) is 4. The van der Waals surface area contributed by atoms with Crippen molar-refractivity contribution in [1.29, 1.82) is 0 Å². The number of hydrogen-bond donors (Lipinski definition) is 1. The summed E-state index contributed by atoms with van der Waals surface area (Å²) in [7, 11) is 0. The number of nitrogens with two attached hydrogens (primary N) is 1. The highest BCUT2D eigenvalue weighted by Gasteiger charge is 2.30. The lowest BCUT2D eigenvalue weighted by Crippen LogP contribution is -2.50. The Morgan fingerprint density at radius 2 is 2.25 bits per heavy atom. The molecule has 16 heavy (non-hydrogen) atoms. The Kier molecular flexibility index (Phi) is 2.44. The minimum atomic E-state index is 0.737. The molecular weight excluding hydrogens is 200 g/mol. The lowest BCUT2D eigenvalue weighted by atomic mass is 10.1. The maximum atomic E-state index is 5.97. The minimum Gasteiger partial charge on any atom is -0.396 e. The number of aromatic nitrogens is 1. The molecule has 3 rings (SSSR count). The second-order valence-electron chi connectivity index (χ2n) is 4.71. The normalized spacial score (nSPS) is 25.8. The molecule has 2 aliphatic heterocycles. The van der Waals surface area contributed by atoms with Gasteiger partial charge in [0.2, 0.25) is 0 Å². The zero-order chi connectivity index (χ0) is 11.0. The van der Waals surface area contributed by atoms with E-state index in [9.17, 15) is 0 Å². The van der Waals surface area contributed by atoms with E-state index in [-0.39, 0.29) is 0 Å². The van der Waals surface area contributed by atoms with E-state index >= 15 is 0 Å². The number of rotatable bonds is 1. The molecule has 0 spiro atoms. The van der Waals surface area contributed by atoms with Crippen LogP contribution in [0.3, 0.4) is 0 Å². The number of nitrogens with zero attached hydrogens (tertiary/aromatic N) is 3. The molecule has 1 aromatic rings. The second-order valence-corrected chi connectivity index (χ2v) is 4.71. The number of nitrogen functional groups attached to an aromatic ring is 1. The first-order chi connectivity index (χ1) is 7.84. The van der Waals surface area contributed by atoms with Crippen LogP contribution in [-0.4, -0.2) is 42.1 Å². The smallest absolute Gasteiger partial charge is 0.0738 e. The lowest BCUT2D eigenvalue weighted by molar-refractivity contribution is 0.231. The van der Waals surface area contributed by atoms with Crippen molar-refractivity contribution in [2.24, 2.45) is 0 Å². The molecule has 1 atom stereocenters. The molecule has 0 aliphatic carbocycles. The first-order valence-corrected chi connectivity index (χ1v) is 6.03. The van der Waals surface area contributed by atoms with Crippen molar-refractivity contribution in [2.75, 3.05) is 36.8 Å². The molecule has 2 fully saturated rings. The summed E-state index contributed by atoms with van der Waals surface area (Å²) in [4.78, 5) is 9.06. The quantitative estimate of drug-likeness (QED) is 0.762. The monoisotopic (exact) mass is 218 g/mol. The summed E-state index contributed by atoms with van der Waals surface area (Å²) in [6.45, 7) is 4.66. The van der Waals surface area contributed by atoms with Crippen molar-refractivity contribution < 1.29 is 0 Å². The fraction of sp³-hybridized carbons (Fsp3) is 0.583. The van der Waals surface area contributed by atoms with Gasteiger partial charge in [0, 0.05) is 31.9 Å². The third kappa shape index (κ3) is 1.63. The van der Waals surface area contributed by atoms with Crippen molar-refractivity contribution >= 4 is 11.4 Å². The summed E-state index contributed by atoms with van der Waals surface area (Å²) >= 11 is 0. The van der Waals surface area contributed by atoms with Crippen molar-refractivity contribution in [1.82, 2.24) is 9.88 Å². The molecule has 0 aromatic carbocycles. The van der Waals surface area contributed by atoms with Gasteiger partial charge in [-0.25, -0.2) is 0 Å². The largest absolute Gasteiger partial charge is 0.396 e. The molecule has 4 nitrogen and oxygen atoms in total. The van der Waals surface area contributed by atoms with E-state index in [2.05, 4.69) is 14.8 Å². The molecule has 0 amide bonds. The van der Waals surface area contributed by atoms with Crippen LogP contribution in [0.15, 0.2) is 18.5 Å². The second kappa shape index (κ2) is 3.94. The van der Waals surface area contributed by atoms with Gasteiger partial charge in [-0.2, -0.15) is 0 Å². The van der Waals surface area contributed by atoms with Crippen molar-refractivity contribution in [2.45, 2.75) is 18.9 Å². The van der Waals surface area contributed by atoms with Gasteiger partial charge in [-0.05, 0) is 25.5 Å². The average molecular weight is 218 g/mol. The van der Waals surface area contributed by atoms with Crippen LogP contribution in [-0.2, 0) is 0 Å². The summed E-state index contributed by atoms with van der Waals surface area (Å²) in [5.74, 6) is 0. The first-order valence-electron chi connectivity index (χ1n) is 6.03. The SMILES string of the molecule is Nc1cnccc1N1CCN2CCC[C@H]2C1. The highest BCUT2D eigenvalue weighted by Crippen LogP contribution is 2.28. The molecule has 0 saturated carbocycles. The van der Waals surface area contributed by atoms with Gasteiger partial charge >= 0.3 is 0 Å². The number of anilines is 2. The molecule has 2 saturated heterocycles. The van der Waals surface area contributed by atoms with E-state index in [1.165, 1.54) is 25.9 Å². The Bertz CT molecular complexity index is 379. The molecule has 86 valence electrons. The van der Waals surface area contributed by atoms with Gasteiger partial charge in [-0.1, -0.05) is 0 Å². The Morgan fingerprint density at radius 3 is 3.12 bits per heavy atom. The van der Waals surface area contributed by atoms with E-state index in [0.29, 0.717) is 0 Å². The summed E-state index contributed by atoms with van der Waals surface area (Å²) < 4.78 is 0. The summed E-state index contributed by atoms with van der Waals surface area (Å²) in [6, 6.07) is 2.77. The van der Waals surface area contributed by atoms with Crippen LogP contribution in [0.5, 0.6) is 0 Å². The van der Waals surface area contributed by atoms with Crippen molar-refractivity contribution in [3.05, 3.63) is 18.5 Å². The summed E-state index contributed by atoms with van der Waals surface area (Å²) in [5, 5.41) is 0. The van der Waals surface area contributed by atoms with E-state index in [4.69, 9.17) is 5.73 Å². The van der Waals surface area contributed by atoms with Gasteiger partial charge in [0.05, 0.1) is 17.6 Å². The molecular formula is C12H18N4. The number of fused-ring (bicyclic) bond motifs is 1. The molecule has 0 radical (unpaired) electrons. The Morgan fingerprint density at radius 1 is 1.31 bits per heavy atom. The average Bonchev–Trinajstić information content (AvgIpc) is 2.76. The Labute approximate surface area is 96.1 Å². The Hall–Kier alpha value is -1.29. The first kappa shape index (κ1) is 9.90. The van der Waals surface area contributed by atoms with Crippen molar-refractivity contribution in [3.8, 4) is 0 Å². The molecule has 4 heteroatoms. The zero-order valence-electron chi connectivity index (χ0n) is 9.47. The number of piperazine rings is 1. The predicted octanol–water partition coefficient (Wildman–Crippen LogP) is 0.948. The fourth-order valence-corrected chi connectivity index (χ4v) is 2.90. The zero-order valence-corrected chi connectivity index (χ0v) is 9.47. The summed E-state index contributed by atoms with van der Waals surface area (Å²) in [6.07, 6.45) is 6.26. The van der Waals surface area contributed by atoms with Gasteiger partial charge in [-0.3, -0.25) is 9.88 Å². The van der Waals surface area contributed by atoms with Crippen LogP contribution >= 0.6 is 0 Å². The van der Waals surface area contributed by atoms with E-state index in [0.717, 1.165) is 30.5 Å². The highest BCUT2D eigenvalue weighted by molar-refractivity contribution is 5.66.